The molecule has 1 aromatic heterocycles. The fourth-order valence-electron chi connectivity index (χ4n) is 3.48. The molecule has 2 fully saturated rings. The highest BCUT2D eigenvalue weighted by Gasteiger charge is 2.34. The van der Waals surface area contributed by atoms with Gasteiger partial charge in [0.1, 0.15) is 0 Å². The summed E-state index contributed by atoms with van der Waals surface area (Å²) in [7, 11) is 2.00. The number of piperidine rings is 1. The van der Waals surface area contributed by atoms with E-state index in [9.17, 15) is 0 Å². The number of aromatic nitrogens is 1. The van der Waals surface area contributed by atoms with Crippen LogP contribution in [0, 0.1) is 6.92 Å². The van der Waals surface area contributed by atoms with E-state index in [0.29, 0.717) is 6.04 Å². The van der Waals surface area contributed by atoms with Gasteiger partial charge in [0.15, 0.2) is 5.13 Å². The van der Waals surface area contributed by atoms with Gasteiger partial charge in [-0.25, -0.2) is 4.98 Å². The first kappa shape index (κ1) is 14.3. The highest BCUT2D eigenvalue weighted by Crippen LogP contribution is 2.32. The molecule has 2 atom stereocenters. The zero-order valence-electron chi connectivity index (χ0n) is 12.9. The quantitative estimate of drug-likeness (QED) is 0.926. The van der Waals surface area contributed by atoms with E-state index in [1.165, 1.54) is 48.1 Å². The van der Waals surface area contributed by atoms with Crippen LogP contribution in [0.3, 0.4) is 0 Å². The van der Waals surface area contributed by atoms with E-state index >= 15 is 0 Å². The molecular formula is C15H26N4S. The van der Waals surface area contributed by atoms with E-state index in [-0.39, 0.29) is 0 Å². The standard InChI is InChI=1S/C15H26N4S/c1-11-9-18-7-5-4-6-13(18)10-19(11)15-17-12(2)14(20-15)8-16-3/h11,13,16H,4-10H2,1-3H3. The van der Waals surface area contributed by atoms with Crippen molar-refractivity contribution >= 4 is 16.5 Å². The normalized spacial score (nSPS) is 27.6. The van der Waals surface area contributed by atoms with Gasteiger partial charge in [-0.1, -0.05) is 6.42 Å². The molecule has 1 N–H and O–H groups in total. The van der Waals surface area contributed by atoms with Crippen LogP contribution in [0.5, 0.6) is 0 Å². The number of nitrogens with zero attached hydrogens (tertiary/aromatic N) is 3. The molecule has 5 heteroatoms. The van der Waals surface area contributed by atoms with Crippen LogP contribution in [-0.2, 0) is 6.54 Å². The molecule has 3 rings (SSSR count). The first-order chi connectivity index (χ1) is 9.69. The lowest BCUT2D eigenvalue weighted by Gasteiger charge is -2.47. The van der Waals surface area contributed by atoms with Gasteiger partial charge in [-0.15, -0.1) is 11.3 Å². The predicted octanol–water partition coefficient (Wildman–Crippen LogP) is 2.23. The Morgan fingerprint density at radius 3 is 3.00 bits per heavy atom. The summed E-state index contributed by atoms with van der Waals surface area (Å²) in [5, 5.41) is 4.47. The fraction of sp³-hybridized carbons (Fsp3) is 0.800. The van der Waals surface area contributed by atoms with Gasteiger partial charge in [0.25, 0.3) is 0 Å². The summed E-state index contributed by atoms with van der Waals surface area (Å²) in [6.07, 6.45) is 4.13. The molecule has 112 valence electrons. The van der Waals surface area contributed by atoms with Gasteiger partial charge in [-0.2, -0.15) is 0 Å². The van der Waals surface area contributed by atoms with Crippen molar-refractivity contribution in [1.29, 1.82) is 0 Å². The molecule has 0 aliphatic carbocycles. The maximum absolute atomic E-state index is 4.83. The summed E-state index contributed by atoms with van der Waals surface area (Å²) >= 11 is 1.87. The molecule has 20 heavy (non-hydrogen) atoms. The average Bonchev–Trinajstić information content (AvgIpc) is 2.80. The molecular weight excluding hydrogens is 268 g/mol. The van der Waals surface area contributed by atoms with Crippen molar-refractivity contribution in [1.82, 2.24) is 15.2 Å². The molecule has 0 saturated carbocycles. The van der Waals surface area contributed by atoms with E-state index in [2.05, 4.69) is 29.0 Å². The number of piperazine rings is 1. The van der Waals surface area contributed by atoms with Gasteiger partial charge >= 0.3 is 0 Å². The largest absolute Gasteiger partial charge is 0.343 e. The Labute approximate surface area is 126 Å². The lowest BCUT2D eigenvalue weighted by molar-refractivity contribution is 0.115. The van der Waals surface area contributed by atoms with Crippen LogP contribution in [0.15, 0.2) is 0 Å². The van der Waals surface area contributed by atoms with Crippen molar-refractivity contribution in [3.05, 3.63) is 10.6 Å². The second-order valence-corrected chi connectivity index (χ2v) is 7.24. The first-order valence-electron chi connectivity index (χ1n) is 7.80. The summed E-state index contributed by atoms with van der Waals surface area (Å²) < 4.78 is 0. The zero-order valence-corrected chi connectivity index (χ0v) is 13.7. The van der Waals surface area contributed by atoms with Crippen LogP contribution in [0.4, 0.5) is 5.13 Å². The summed E-state index contributed by atoms with van der Waals surface area (Å²) in [6.45, 7) is 9.07. The molecule has 2 aliphatic rings. The second kappa shape index (κ2) is 6.00. The Morgan fingerprint density at radius 1 is 1.35 bits per heavy atom. The number of fused-ring (bicyclic) bond motifs is 1. The van der Waals surface area contributed by atoms with E-state index in [0.717, 1.165) is 19.1 Å². The lowest BCUT2D eigenvalue weighted by atomic mass is 9.97. The third kappa shape index (κ3) is 2.71. The Morgan fingerprint density at radius 2 is 2.20 bits per heavy atom. The van der Waals surface area contributed by atoms with Crippen LogP contribution >= 0.6 is 11.3 Å². The highest BCUT2D eigenvalue weighted by molar-refractivity contribution is 7.15. The minimum atomic E-state index is 0.581. The van der Waals surface area contributed by atoms with Gasteiger partial charge in [-0.3, -0.25) is 4.90 Å². The van der Waals surface area contributed by atoms with Gasteiger partial charge in [-0.05, 0) is 40.3 Å². The molecule has 2 unspecified atom stereocenters. The Kier molecular flexibility index (Phi) is 4.29. The molecule has 2 aliphatic heterocycles. The number of nitrogens with one attached hydrogen (secondary N) is 1. The van der Waals surface area contributed by atoms with Crippen molar-refractivity contribution in [3.63, 3.8) is 0 Å². The number of aryl methyl sites for hydroxylation is 1. The maximum atomic E-state index is 4.83. The topological polar surface area (TPSA) is 31.4 Å². The Hall–Kier alpha value is -0.650. The molecule has 0 aromatic carbocycles. The summed E-state index contributed by atoms with van der Waals surface area (Å²) in [4.78, 5) is 11.4. The van der Waals surface area contributed by atoms with Crippen molar-refractivity contribution in [2.75, 3.05) is 31.6 Å². The third-order valence-corrected chi connectivity index (χ3v) is 5.85. The van der Waals surface area contributed by atoms with Gasteiger partial charge < -0.3 is 10.2 Å². The van der Waals surface area contributed by atoms with E-state index in [1.54, 1.807) is 0 Å². The number of rotatable bonds is 3. The minimum Gasteiger partial charge on any atom is -0.343 e. The fourth-order valence-corrected chi connectivity index (χ4v) is 4.66. The van der Waals surface area contributed by atoms with Crippen molar-refractivity contribution < 1.29 is 0 Å². The van der Waals surface area contributed by atoms with Crippen LogP contribution in [0.1, 0.15) is 36.8 Å². The van der Waals surface area contributed by atoms with Crippen molar-refractivity contribution in [2.24, 2.45) is 0 Å². The van der Waals surface area contributed by atoms with E-state index < -0.39 is 0 Å². The first-order valence-corrected chi connectivity index (χ1v) is 8.62. The molecule has 1 aromatic rings. The predicted molar refractivity (Wildman–Crippen MR) is 85.6 cm³/mol. The van der Waals surface area contributed by atoms with E-state index in [4.69, 9.17) is 4.98 Å². The molecule has 0 spiro atoms. The van der Waals surface area contributed by atoms with Crippen molar-refractivity contribution in [2.45, 2.75) is 51.7 Å². The van der Waals surface area contributed by atoms with Gasteiger partial charge in [0.2, 0.25) is 0 Å². The average molecular weight is 294 g/mol. The Bertz CT molecular complexity index is 459. The summed E-state index contributed by atoms with van der Waals surface area (Å²) in [5.41, 5.74) is 1.19. The molecule has 0 radical (unpaired) electrons. The smallest absolute Gasteiger partial charge is 0.186 e. The van der Waals surface area contributed by atoms with Crippen LogP contribution in [-0.4, -0.2) is 48.6 Å². The molecule has 0 bridgehead atoms. The van der Waals surface area contributed by atoms with Gasteiger partial charge in [0, 0.05) is 36.6 Å². The third-order valence-electron chi connectivity index (χ3n) is 4.65. The van der Waals surface area contributed by atoms with Gasteiger partial charge in [0.05, 0.1) is 5.69 Å². The highest BCUT2D eigenvalue weighted by atomic mass is 32.1. The zero-order chi connectivity index (χ0) is 14.1. The van der Waals surface area contributed by atoms with Crippen LogP contribution in [0.2, 0.25) is 0 Å². The summed E-state index contributed by atoms with van der Waals surface area (Å²) in [6, 6.07) is 1.33. The maximum Gasteiger partial charge on any atom is 0.186 e. The molecule has 0 amide bonds. The number of thiazole rings is 1. The van der Waals surface area contributed by atoms with Crippen LogP contribution in [0.25, 0.3) is 0 Å². The number of anilines is 1. The number of hydrogen-bond acceptors (Lipinski definition) is 5. The SMILES string of the molecule is CNCc1sc(N2CC3CCCCN3CC2C)nc1C. The number of hydrogen-bond donors (Lipinski definition) is 1. The Balaban J connectivity index is 1.77. The molecule has 2 saturated heterocycles. The van der Waals surface area contributed by atoms with Crippen LogP contribution < -0.4 is 10.2 Å². The second-order valence-electron chi connectivity index (χ2n) is 6.18. The monoisotopic (exact) mass is 294 g/mol. The van der Waals surface area contributed by atoms with E-state index in [1.807, 2.05) is 18.4 Å². The molecule has 3 heterocycles. The minimum absolute atomic E-state index is 0.581. The molecule has 4 nitrogen and oxygen atoms in total. The lowest BCUT2D eigenvalue weighted by Crippen LogP contribution is -2.58. The summed E-state index contributed by atoms with van der Waals surface area (Å²) in [5.74, 6) is 0. The van der Waals surface area contributed by atoms with Crippen molar-refractivity contribution in [3.8, 4) is 0 Å².